The largest absolute Gasteiger partial charge is 0.294 e. The van der Waals surface area contributed by atoms with Gasteiger partial charge in [0.25, 0.3) is 0 Å². The molecule has 0 aliphatic carbocycles. The number of alkyl halides is 1. The van der Waals surface area contributed by atoms with E-state index in [4.69, 9.17) is 23.2 Å². The highest BCUT2D eigenvalue weighted by molar-refractivity contribution is 14.1. The highest BCUT2D eigenvalue weighted by atomic mass is 127. The van der Waals surface area contributed by atoms with Crippen molar-refractivity contribution in [1.82, 2.24) is 9.55 Å². The van der Waals surface area contributed by atoms with E-state index in [1.807, 2.05) is 28.8 Å². The molecule has 0 fully saturated rings. The second-order valence-corrected chi connectivity index (χ2v) is 6.04. The smallest absolute Gasteiger partial charge is 0.144 e. The van der Waals surface area contributed by atoms with Gasteiger partial charge in [0.15, 0.2) is 0 Å². The van der Waals surface area contributed by atoms with Gasteiger partial charge in [0.2, 0.25) is 0 Å². The van der Waals surface area contributed by atoms with Crippen LogP contribution in [-0.2, 0) is 5.88 Å². The van der Waals surface area contributed by atoms with E-state index >= 15 is 0 Å². The minimum absolute atomic E-state index is 0.0611. The first-order chi connectivity index (χ1) is 9.61. The molecule has 0 N–H and O–H groups in total. The Kier molecular flexibility index (Phi) is 3.88. The van der Waals surface area contributed by atoms with Crippen LogP contribution in [0.2, 0.25) is 5.02 Å². The SMILES string of the molecule is Fc1cc2c(cc1Cl)nc(CCl)n2-c1ccccc1I. The minimum atomic E-state index is -0.465. The van der Waals surface area contributed by atoms with Crippen LogP contribution in [0.25, 0.3) is 16.7 Å². The van der Waals surface area contributed by atoms with Crippen LogP contribution in [0, 0.1) is 9.39 Å². The van der Waals surface area contributed by atoms with E-state index in [0.717, 1.165) is 9.26 Å². The van der Waals surface area contributed by atoms with Crippen LogP contribution >= 0.6 is 45.8 Å². The standard InChI is InChI=1S/C14H8Cl2FIN2/c15-7-14-19-11-5-8(16)9(17)6-13(11)20(14)12-4-2-1-3-10(12)18/h1-6H,7H2. The molecule has 0 saturated heterocycles. The molecule has 102 valence electrons. The number of fused-ring (bicyclic) bond motifs is 1. The van der Waals surface area contributed by atoms with Crippen molar-refractivity contribution in [2.24, 2.45) is 0 Å². The number of rotatable bonds is 2. The van der Waals surface area contributed by atoms with E-state index in [0.29, 0.717) is 16.9 Å². The molecule has 0 radical (unpaired) electrons. The van der Waals surface area contributed by atoms with Gasteiger partial charge < -0.3 is 0 Å². The molecular weight excluding hydrogens is 413 g/mol. The topological polar surface area (TPSA) is 17.8 Å². The van der Waals surface area contributed by atoms with Crippen molar-refractivity contribution in [2.75, 3.05) is 0 Å². The number of para-hydroxylation sites is 1. The summed E-state index contributed by atoms with van der Waals surface area (Å²) in [6.07, 6.45) is 0. The molecule has 3 aromatic rings. The van der Waals surface area contributed by atoms with Crippen LogP contribution < -0.4 is 0 Å². The zero-order valence-electron chi connectivity index (χ0n) is 10.1. The summed E-state index contributed by atoms with van der Waals surface area (Å²) < 4.78 is 16.6. The van der Waals surface area contributed by atoms with Gasteiger partial charge in [-0.2, -0.15) is 0 Å². The number of halogens is 4. The quantitative estimate of drug-likeness (QED) is 0.413. The summed E-state index contributed by atoms with van der Waals surface area (Å²) in [7, 11) is 0. The van der Waals surface area contributed by atoms with E-state index in [1.165, 1.54) is 12.1 Å². The van der Waals surface area contributed by atoms with E-state index in [-0.39, 0.29) is 10.9 Å². The Labute approximate surface area is 138 Å². The van der Waals surface area contributed by atoms with Gasteiger partial charge in [-0.05, 0) is 40.8 Å². The lowest BCUT2D eigenvalue weighted by atomic mass is 10.2. The zero-order chi connectivity index (χ0) is 14.3. The Hall–Kier alpha value is -0.850. The molecular formula is C14H8Cl2FIN2. The Morgan fingerprint density at radius 2 is 2.00 bits per heavy atom. The first-order valence-corrected chi connectivity index (χ1v) is 7.78. The van der Waals surface area contributed by atoms with Crippen molar-refractivity contribution in [3.63, 3.8) is 0 Å². The number of hydrogen-bond donors (Lipinski definition) is 0. The molecule has 1 aromatic heterocycles. The van der Waals surface area contributed by atoms with Crippen molar-refractivity contribution in [3.05, 3.63) is 56.6 Å². The minimum Gasteiger partial charge on any atom is -0.294 e. The fraction of sp³-hybridized carbons (Fsp3) is 0.0714. The molecule has 0 saturated carbocycles. The van der Waals surface area contributed by atoms with Crippen molar-refractivity contribution >= 4 is 56.8 Å². The normalized spacial score (nSPS) is 11.2. The van der Waals surface area contributed by atoms with Gasteiger partial charge in [-0.15, -0.1) is 11.6 Å². The van der Waals surface area contributed by atoms with Crippen LogP contribution in [0.3, 0.4) is 0 Å². The Bertz CT molecular complexity index is 801. The Morgan fingerprint density at radius 1 is 1.25 bits per heavy atom. The van der Waals surface area contributed by atoms with Crippen LogP contribution in [0.1, 0.15) is 5.82 Å². The van der Waals surface area contributed by atoms with Crippen LogP contribution in [0.4, 0.5) is 4.39 Å². The lowest BCUT2D eigenvalue weighted by Crippen LogP contribution is -2.01. The molecule has 0 aliphatic rings. The zero-order valence-corrected chi connectivity index (χ0v) is 13.7. The second kappa shape index (κ2) is 5.50. The number of nitrogens with zero attached hydrogens (tertiary/aromatic N) is 2. The highest BCUT2D eigenvalue weighted by Gasteiger charge is 2.15. The van der Waals surface area contributed by atoms with Gasteiger partial charge in [-0.3, -0.25) is 4.57 Å². The van der Waals surface area contributed by atoms with E-state index in [1.54, 1.807) is 0 Å². The Morgan fingerprint density at radius 3 is 2.70 bits per heavy atom. The number of imidazole rings is 1. The van der Waals surface area contributed by atoms with Gasteiger partial charge in [0, 0.05) is 9.64 Å². The van der Waals surface area contributed by atoms with E-state index < -0.39 is 5.82 Å². The molecule has 1 heterocycles. The number of benzene rings is 2. The highest BCUT2D eigenvalue weighted by Crippen LogP contribution is 2.29. The fourth-order valence-electron chi connectivity index (χ4n) is 2.11. The molecule has 20 heavy (non-hydrogen) atoms. The van der Waals surface area contributed by atoms with Crippen molar-refractivity contribution in [3.8, 4) is 5.69 Å². The first-order valence-electron chi connectivity index (χ1n) is 5.79. The molecule has 0 aliphatic heterocycles. The summed E-state index contributed by atoms with van der Waals surface area (Å²) in [5, 5.41) is 0.0611. The number of hydrogen-bond acceptors (Lipinski definition) is 1. The first kappa shape index (κ1) is 14.1. The molecule has 0 unspecified atom stereocenters. The average molecular weight is 421 g/mol. The third-order valence-corrected chi connectivity index (χ3v) is 4.42. The lowest BCUT2D eigenvalue weighted by molar-refractivity contribution is 0.629. The maximum Gasteiger partial charge on any atom is 0.144 e. The molecule has 2 aromatic carbocycles. The molecule has 0 bridgehead atoms. The summed E-state index contributed by atoms with van der Waals surface area (Å²) in [5.74, 6) is 0.429. The van der Waals surface area contributed by atoms with Gasteiger partial charge in [0.1, 0.15) is 11.6 Å². The maximum atomic E-state index is 13.8. The van der Waals surface area contributed by atoms with E-state index in [9.17, 15) is 4.39 Å². The predicted molar refractivity (Wildman–Crippen MR) is 88.3 cm³/mol. The third kappa shape index (κ3) is 2.29. The number of aromatic nitrogens is 2. The summed E-state index contributed by atoms with van der Waals surface area (Å²) in [6.45, 7) is 0. The Balaban J connectivity index is 2.39. The molecule has 6 heteroatoms. The summed E-state index contributed by atoms with van der Waals surface area (Å²) in [6, 6.07) is 10.7. The molecule has 0 amide bonds. The molecule has 2 nitrogen and oxygen atoms in total. The van der Waals surface area contributed by atoms with Crippen molar-refractivity contribution in [1.29, 1.82) is 0 Å². The van der Waals surface area contributed by atoms with Gasteiger partial charge in [-0.25, -0.2) is 9.37 Å². The molecule has 3 rings (SSSR count). The van der Waals surface area contributed by atoms with Crippen molar-refractivity contribution < 1.29 is 4.39 Å². The molecule has 0 atom stereocenters. The predicted octanol–water partition coefficient (Wildman–Crippen LogP) is 5.16. The average Bonchev–Trinajstić information content (AvgIpc) is 2.77. The van der Waals surface area contributed by atoms with Gasteiger partial charge in [-0.1, -0.05) is 23.7 Å². The van der Waals surface area contributed by atoms with Gasteiger partial charge >= 0.3 is 0 Å². The fourth-order valence-corrected chi connectivity index (χ4v) is 3.08. The lowest BCUT2D eigenvalue weighted by Gasteiger charge is -2.10. The molecule has 0 spiro atoms. The monoisotopic (exact) mass is 420 g/mol. The summed E-state index contributed by atoms with van der Waals surface area (Å²) >= 11 is 14.0. The third-order valence-electron chi connectivity index (χ3n) is 2.98. The van der Waals surface area contributed by atoms with Gasteiger partial charge in [0.05, 0.1) is 27.6 Å². The van der Waals surface area contributed by atoms with Crippen LogP contribution in [0.15, 0.2) is 36.4 Å². The maximum absolute atomic E-state index is 13.8. The second-order valence-electron chi connectivity index (χ2n) is 4.20. The van der Waals surface area contributed by atoms with Crippen molar-refractivity contribution in [2.45, 2.75) is 5.88 Å². The van der Waals surface area contributed by atoms with E-state index in [2.05, 4.69) is 27.6 Å². The van der Waals surface area contributed by atoms with Crippen LogP contribution in [0.5, 0.6) is 0 Å². The van der Waals surface area contributed by atoms with Crippen LogP contribution in [-0.4, -0.2) is 9.55 Å². The summed E-state index contributed by atoms with van der Waals surface area (Å²) in [5.41, 5.74) is 2.21. The summed E-state index contributed by atoms with van der Waals surface area (Å²) in [4.78, 5) is 4.43.